The van der Waals surface area contributed by atoms with Gasteiger partial charge in [-0.1, -0.05) is 18.2 Å². The second kappa shape index (κ2) is 8.73. The molecule has 0 atom stereocenters. The molecule has 3 amide bonds. The van der Waals surface area contributed by atoms with Crippen molar-refractivity contribution in [1.29, 1.82) is 0 Å². The van der Waals surface area contributed by atoms with Crippen molar-refractivity contribution in [2.45, 2.75) is 0 Å². The third-order valence-electron chi connectivity index (χ3n) is 2.77. The normalized spacial score (nSPS) is 9.88. The Bertz CT molecular complexity index is 717. The Kier molecular flexibility index (Phi) is 6.38. The van der Waals surface area contributed by atoms with Gasteiger partial charge in [-0.05, 0) is 34.1 Å². The summed E-state index contributed by atoms with van der Waals surface area (Å²) >= 11 is 3.19. The zero-order valence-electron chi connectivity index (χ0n) is 12.5. The molecule has 0 bridgehead atoms. The van der Waals surface area contributed by atoms with Crippen molar-refractivity contribution in [2.24, 2.45) is 0 Å². The van der Waals surface area contributed by atoms with Crippen LogP contribution in [0.2, 0.25) is 0 Å². The van der Waals surface area contributed by atoms with Gasteiger partial charge in [0.05, 0.1) is 6.54 Å². The van der Waals surface area contributed by atoms with E-state index in [1.54, 1.807) is 36.5 Å². The molecule has 0 aliphatic heterocycles. The number of hydrogen-bond donors (Lipinski definition) is 4. The molecule has 0 fully saturated rings. The summed E-state index contributed by atoms with van der Waals surface area (Å²) in [5.74, 6) is -0.968. The van der Waals surface area contributed by atoms with Crippen molar-refractivity contribution in [3.63, 3.8) is 0 Å². The Balaban J connectivity index is 1.63. The van der Waals surface area contributed by atoms with Gasteiger partial charge in [0, 0.05) is 10.7 Å². The first-order valence-corrected chi connectivity index (χ1v) is 7.71. The SMILES string of the molecule is O=C(COc1ccccc1)NCC(=O)NNC(=O)c1cc(Br)c[nH]1. The minimum atomic E-state index is -0.568. The fourth-order valence-electron chi connectivity index (χ4n) is 1.63. The Morgan fingerprint density at radius 3 is 2.50 bits per heavy atom. The van der Waals surface area contributed by atoms with E-state index < -0.39 is 17.7 Å². The van der Waals surface area contributed by atoms with Gasteiger partial charge in [-0.15, -0.1) is 0 Å². The first-order valence-electron chi connectivity index (χ1n) is 6.92. The predicted octanol–water partition coefficient (Wildman–Crippen LogP) is 0.733. The molecule has 1 heterocycles. The molecule has 2 aromatic rings. The molecular weight excluding hydrogens is 380 g/mol. The predicted molar refractivity (Wildman–Crippen MR) is 89.0 cm³/mol. The lowest BCUT2D eigenvalue weighted by Gasteiger charge is -2.08. The average molecular weight is 395 g/mol. The maximum Gasteiger partial charge on any atom is 0.286 e. The van der Waals surface area contributed by atoms with Crippen LogP contribution in [0.15, 0.2) is 47.1 Å². The number of rotatable bonds is 6. The van der Waals surface area contributed by atoms with E-state index in [4.69, 9.17) is 4.74 Å². The molecule has 0 unspecified atom stereocenters. The number of hydrazine groups is 1. The van der Waals surface area contributed by atoms with Gasteiger partial charge in [0.1, 0.15) is 11.4 Å². The highest BCUT2D eigenvalue weighted by Gasteiger charge is 2.10. The summed E-state index contributed by atoms with van der Waals surface area (Å²) < 4.78 is 5.95. The van der Waals surface area contributed by atoms with Crippen LogP contribution in [0, 0.1) is 0 Å². The van der Waals surface area contributed by atoms with Crippen molar-refractivity contribution >= 4 is 33.7 Å². The van der Waals surface area contributed by atoms with Gasteiger partial charge in [-0.3, -0.25) is 25.2 Å². The molecule has 2 rings (SSSR count). The molecule has 0 spiro atoms. The van der Waals surface area contributed by atoms with E-state index in [-0.39, 0.29) is 18.8 Å². The van der Waals surface area contributed by atoms with Gasteiger partial charge < -0.3 is 15.0 Å². The second-order valence-corrected chi connectivity index (χ2v) is 5.53. The van der Waals surface area contributed by atoms with E-state index >= 15 is 0 Å². The number of nitrogens with one attached hydrogen (secondary N) is 4. The summed E-state index contributed by atoms with van der Waals surface area (Å²) in [5.41, 5.74) is 4.69. The van der Waals surface area contributed by atoms with E-state index in [9.17, 15) is 14.4 Å². The van der Waals surface area contributed by atoms with Gasteiger partial charge in [0.25, 0.3) is 17.7 Å². The van der Waals surface area contributed by atoms with Crippen molar-refractivity contribution in [3.05, 3.63) is 52.8 Å². The third-order valence-corrected chi connectivity index (χ3v) is 3.22. The first-order chi connectivity index (χ1) is 11.5. The van der Waals surface area contributed by atoms with Gasteiger partial charge in [-0.25, -0.2) is 0 Å². The number of para-hydroxylation sites is 1. The van der Waals surface area contributed by atoms with E-state index in [0.717, 1.165) is 0 Å². The highest BCUT2D eigenvalue weighted by molar-refractivity contribution is 9.10. The molecule has 0 saturated heterocycles. The standard InChI is InChI=1S/C15H15BrN4O4/c16-10-6-12(17-7-10)15(23)20-19-13(21)8-18-14(22)9-24-11-4-2-1-3-5-11/h1-7,17H,8-9H2,(H,18,22)(H,19,21)(H,20,23). The van der Waals surface area contributed by atoms with Crippen molar-refractivity contribution in [2.75, 3.05) is 13.2 Å². The van der Waals surface area contributed by atoms with E-state index in [1.165, 1.54) is 0 Å². The second-order valence-electron chi connectivity index (χ2n) is 4.61. The monoisotopic (exact) mass is 394 g/mol. The van der Waals surface area contributed by atoms with Gasteiger partial charge in [0.2, 0.25) is 0 Å². The molecule has 24 heavy (non-hydrogen) atoms. The molecule has 9 heteroatoms. The van der Waals surface area contributed by atoms with Gasteiger partial charge in [-0.2, -0.15) is 0 Å². The highest BCUT2D eigenvalue weighted by atomic mass is 79.9. The topological polar surface area (TPSA) is 112 Å². The number of amides is 3. The van der Waals surface area contributed by atoms with Crippen LogP contribution in [-0.4, -0.2) is 35.9 Å². The molecule has 1 aromatic heterocycles. The number of aromatic amines is 1. The van der Waals surface area contributed by atoms with E-state index in [1.807, 2.05) is 6.07 Å². The summed E-state index contributed by atoms with van der Waals surface area (Å²) in [6, 6.07) is 10.4. The summed E-state index contributed by atoms with van der Waals surface area (Å²) in [6.07, 6.45) is 1.59. The van der Waals surface area contributed by atoms with Crippen LogP contribution >= 0.6 is 15.9 Å². The van der Waals surface area contributed by atoms with Crippen LogP contribution in [0.5, 0.6) is 5.75 Å². The molecule has 0 radical (unpaired) electrons. The molecule has 0 saturated carbocycles. The lowest BCUT2D eigenvalue weighted by atomic mass is 10.3. The summed E-state index contributed by atoms with van der Waals surface area (Å²) in [7, 11) is 0. The fourth-order valence-corrected chi connectivity index (χ4v) is 1.98. The molecule has 1 aromatic carbocycles. The van der Waals surface area contributed by atoms with E-state index in [0.29, 0.717) is 10.2 Å². The third kappa shape index (κ3) is 5.76. The van der Waals surface area contributed by atoms with E-state index in [2.05, 4.69) is 37.1 Å². The number of halogens is 1. The lowest BCUT2D eigenvalue weighted by Crippen LogP contribution is -2.47. The first kappa shape index (κ1) is 17.5. The summed E-state index contributed by atoms with van der Waals surface area (Å²) in [4.78, 5) is 37.5. The minimum absolute atomic E-state index is 0.208. The van der Waals surface area contributed by atoms with Crippen LogP contribution in [0.3, 0.4) is 0 Å². The number of hydrogen-bond acceptors (Lipinski definition) is 4. The van der Waals surface area contributed by atoms with Gasteiger partial charge >= 0.3 is 0 Å². The molecule has 4 N–H and O–H groups in total. The maximum atomic E-state index is 11.7. The van der Waals surface area contributed by atoms with Crippen LogP contribution < -0.4 is 20.9 Å². The minimum Gasteiger partial charge on any atom is -0.484 e. The Labute approximate surface area is 146 Å². The number of ether oxygens (including phenoxy) is 1. The quantitative estimate of drug-likeness (QED) is 0.541. The molecule has 8 nitrogen and oxygen atoms in total. The number of H-pyrrole nitrogens is 1. The van der Waals surface area contributed by atoms with Crippen LogP contribution in [-0.2, 0) is 9.59 Å². The summed E-state index contributed by atoms with van der Waals surface area (Å²) in [5, 5.41) is 2.38. The van der Waals surface area contributed by atoms with Crippen LogP contribution in [0.4, 0.5) is 0 Å². The van der Waals surface area contributed by atoms with Crippen LogP contribution in [0.25, 0.3) is 0 Å². The zero-order valence-corrected chi connectivity index (χ0v) is 14.1. The molecular formula is C15H15BrN4O4. The Morgan fingerprint density at radius 1 is 1.08 bits per heavy atom. The lowest BCUT2D eigenvalue weighted by molar-refractivity contribution is -0.127. The fraction of sp³-hybridized carbons (Fsp3) is 0.133. The molecule has 0 aliphatic carbocycles. The Morgan fingerprint density at radius 2 is 1.83 bits per heavy atom. The van der Waals surface area contributed by atoms with Crippen molar-refractivity contribution in [1.82, 2.24) is 21.2 Å². The number of carbonyl (C=O) groups excluding carboxylic acids is 3. The number of aromatic nitrogens is 1. The smallest absolute Gasteiger partial charge is 0.286 e. The number of carbonyl (C=O) groups is 3. The van der Waals surface area contributed by atoms with Crippen molar-refractivity contribution < 1.29 is 19.1 Å². The number of benzene rings is 1. The molecule has 0 aliphatic rings. The average Bonchev–Trinajstić information content (AvgIpc) is 3.03. The van der Waals surface area contributed by atoms with Crippen LogP contribution in [0.1, 0.15) is 10.5 Å². The molecule has 126 valence electrons. The van der Waals surface area contributed by atoms with Gasteiger partial charge in [0.15, 0.2) is 6.61 Å². The highest BCUT2D eigenvalue weighted by Crippen LogP contribution is 2.10. The largest absolute Gasteiger partial charge is 0.484 e. The Hall–Kier alpha value is -2.81. The van der Waals surface area contributed by atoms with Crippen molar-refractivity contribution in [3.8, 4) is 5.75 Å². The maximum absolute atomic E-state index is 11.7. The zero-order chi connectivity index (χ0) is 17.4. The summed E-state index contributed by atoms with van der Waals surface area (Å²) in [6.45, 7) is -0.494.